The van der Waals surface area contributed by atoms with Gasteiger partial charge in [-0.15, -0.1) is 0 Å². The van der Waals surface area contributed by atoms with E-state index in [1.54, 1.807) is 12.4 Å². The highest BCUT2D eigenvalue weighted by atomic mass is 16.5. The highest BCUT2D eigenvalue weighted by Gasteiger charge is 2.20. The Hall–Kier alpha value is -1.90. The summed E-state index contributed by atoms with van der Waals surface area (Å²) in [5.74, 6) is 3.46. The molecular formula is C26H38N2O. The molecule has 0 unspecified atom stereocenters. The van der Waals surface area contributed by atoms with Crippen LogP contribution in [-0.4, -0.2) is 16.6 Å². The summed E-state index contributed by atoms with van der Waals surface area (Å²) in [4.78, 5) is 8.97. The van der Waals surface area contributed by atoms with Gasteiger partial charge in [0, 0.05) is 5.56 Å². The van der Waals surface area contributed by atoms with Crippen molar-refractivity contribution in [1.29, 1.82) is 0 Å². The lowest BCUT2D eigenvalue weighted by Crippen LogP contribution is -2.15. The molecule has 0 radical (unpaired) electrons. The first-order valence-electron chi connectivity index (χ1n) is 11.8. The van der Waals surface area contributed by atoms with Crippen molar-refractivity contribution in [3.8, 4) is 17.1 Å². The molecule has 0 aliphatic heterocycles. The van der Waals surface area contributed by atoms with Gasteiger partial charge in [0.1, 0.15) is 0 Å². The molecule has 2 aromatic rings. The topological polar surface area (TPSA) is 35.0 Å². The van der Waals surface area contributed by atoms with Gasteiger partial charge in [-0.1, -0.05) is 89.5 Å². The van der Waals surface area contributed by atoms with Crippen LogP contribution in [0.4, 0.5) is 0 Å². The molecule has 1 aliphatic carbocycles. The minimum Gasteiger partial charge on any atom is -0.490 e. The van der Waals surface area contributed by atoms with E-state index in [-0.39, 0.29) is 0 Å². The van der Waals surface area contributed by atoms with E-state index in [2.05, 4.69) is 48.1 Å². The van der Waals surface area contributed by atoms with Crippen LogP contribution in [0.2, 0.25) is 0 Å². The lowest BCUT2D eigenvalue weighted by molar-refractivity contribution is 0.252. The lowest BCUT2D eigenvalue weighted by Gasteiger charge is -2.28. The number of hydrogen-bond acceptors (Lipinski definition) is 3. The highest BCUT2D eigenvalue weighted by molar-refractivity contribution is 5.55. The average molecular weight is 395 g/mol. The second-order valence-corrected chi connectivity index (χ2v) is 8.71. The molecule has 0 saturated heterocycles. The van der Waals surface area contributed by atoms with Gasteiger partial charge in [0.2, 0.25) is 0 Å². The molecule has 29 heavy (non-hydrogen) atoms. The molecule has 1 fully saturated rings. The maximum atomic E-state index is 5.70. The third-order valence-electron chi connectivity index (χ3n) is 6.36. The Labute approximate surface area is 177 Å². The van der Waals surface area contributed by atoms with Crippen LogP contribution in [0, 0.1) is 11.8 Å². The van der Waals surface area contributed by atoms with Crippen molar-refractivity contribution in [3.05, 3.63) is 42.2 Å². The summed E-state index contributed by atoms with van der Waals surface area (Å²) in [7, 11) is 0. The van der Waals surface area contributed by atoms with Crippen molar-refractivity contribution >= 4 is 0 Å². The fourth-order valence-electron chi connectivity index (χ4n) is 4.49. The van der Waals surface area contributed by atoms with Crippen LogP contribution in [0.15, 0.2) is 36.7 Å². The van der Waals surface area contributed by atoms with Gasteiger partial charge in [0.05, 0.1) is 19.0 Å². The van der Waals surface area contributed by atoms with Gasteiger partial charge >= 0.3 is 0 Å². The summed E-state index contributed by atoms with van der Waals surface area (Å²) in [6.45, 7) is 5.25. The van der Waals surface area contributed by atoms with E-state index < -0.39 is 0 Å². The quantitative estimate of drug-likeness (QED) is 0.376. The Kier molecular flexibility index (Phi) is 8.98. The smallest absolute Gasteiger partial charge is 0.159 e. The maximum Gasteiger partial charge on any atom is 0.159 e. The second kappa shape index (κ2) is 11.9. The van der Waals surface area contributed by atoms with Crippen LogP contribution in [0.25, 0.3) is 11.4 Å². The molecule has 3 rings (SSSR count). The van der Waals surface area contributed by atoms with Gasteiger partial charge < -0.3 is 4.74 Å². The molecule has 3 heteroatoms. The van der Waals surface area contributed by atoms with E-state index in [0.29, 0.717) is 0 Å². The number of nitrogens with zero attached hydrogens (tertiary/aromatic N) is 2. The summed E-state index contributed by atoms with van der Waals surface area (Å²) in [5, 5.41) is 0. The van der Waals surface area contributed by atoms with Crippen molar-refractivity contribution in [2.45, 2.75) is 84.5 Å². The van der Waals surface area contributed by atoms with Crippen molar-refractivity contribution in [2.24, 2.45) is 11.8 Å². The molecule has 0 atom stereocenters. The van der Waals surface area contributed by atoms with Crippen LogP contribution in [0.3, 0.4) is 0 Å². The van der Waals surface area contributed by atoms with Gasteiger partial charge in [0.25, 0.3) is 0 Å². The minimum atomic E-state index is 0.742. The van der Waals surface area contributed by atoms with Gasteiger partial charge in [-0.3, -0.25) is 0 Å². The normalized spacial score (nSPS) is 19.2. The largest absolute Gasteiger partial charge is 0.490 e. The van der Waals surface area contributed by atoms with E-state index in [9.17, 15) is 0 Å². The van der Waals surface area contributed by atoms with Crippen LogP contribution in [-0.2, 0) is 6.42 Å². The van der Waals surface area contributed by atoms with E-state index in [1.165, 1.54) is 69.8 Å². The first kappa shape index (κ1) is 21.8. The van der Waals surface area contributed by atoms with E-state index in [4.69, 9.17) is 4.74 Å². The fraction of sp³-hybridized carbons (Fsp3) is 0.615. The molecule has 1 heterocycles. The van der Waals surface area contributed by atoms with Crippen molar-refractivity contribution in [2.75, 3.05) is 6.61 Å². The van der Waals surface area contributed by atoms with Crippen LogP contribution < -0.4 is 4.74 Å². The molecule has 0 bridgehead atoms. The molecular weight excluding hydrogens is 356 g/mol. The number of benzene rings is 1. The number of rotatable bonds is 11. The third kappa shape index (κ3) is 7.13. The number of hydrogen-bond donors (Lipinski definition) is 0. The number of unbranched alkanes of at least 4 members (excludes halogenated alkanes) is 2. The van der Waals surface area contributed by atoms with Crippen LogP contribution in [0.1, 0.15) is 83.6 Å². The SMILES string of the molecule is CCCCCOc1cnc(-c2ccc(CC[C@H]3CC[C@H](CCC)CC3)cc2)nc1. The molecule has 1 aromatic heterocycles. The monoisotopic (exact) mass is 394 g/mol. The summed E-state index contributed by atoms with van der Waals surface area (Å²) in [6, 6.07) is 8.81. The Morgan fingerprint density at radius 3 is 2.10 bits per heavy atom. The molecule has 0 amide bonds. The zero-order chi connectivity index (χ0) is 20.3. The van der Waals surface area contributed by atoms with Crippen molar-refractivity contribution in [1.82, 2.24) is 9.97 Å². The van der Waals surface area contributed by atoms with Crippen molar-refractivity contribution in [3.63, 3.8) is 0 Å². The maximum absolute atomic E-state index is 5.70. The molecule has 1 aromatic carbocycles. The summed E-state index contributed by atoms with van der Waals surface area (Å²) < 4.78 is 5.70. The predicted molar refractivity (Wildman–Crippen MR) is 121 cm³/mol. The van der Waals surface area contributed by atoms with Gasteiger partial charge in [-0.2, -0.15) is 0 Å². The number of ether oxygens (including phenoxy) is 1. The van der Waals surface area contributed by atoms with Crippen LogP contribution >= 0.6 is 0 Å². The summed E-state index contributed by atoms with van der Waals surface area (Å²) in [6.07, 6.45) is 18.1. The summed E-state index contributed by atoms with van der Waals surface area (Å²) >= 11 is 0. The molecule has 1 saturated carbocycles. The lowest BCUT2D eigenvalue weighted by atomic mass is 9.78. The Morgan fingerprint density at radius 2 is 1.48 bits per heavy atom. The zero-order valence-electron chi connectivity index (χ0n) is 18.4. The third-order valence-corrected chi connectivity index (χ3v) is 6.36. The first-order chi connectivity index (χ1) is 14.3. The standard InChI is InChI=1S/C26H38N2O/c1-3-5-6-18-29-25-19-27-26(28-20-25)24-16-14-23(15-17-24)13-12-22-10-8-21(7-4-2)9-11-22/h14-17,19-22H,3-13,18H2,1-2H3/t21-,22-. The van der Waals surface area contributed by atoms with E-state index in [1.807, 2.05) is 0 Å². The Balaban J connectivity index is 1.44. The van der Waals surface area contributed by atoms with Gasteiger partial charge in [-0.25, -0.2) is 9.97 Å². The Morgan fingerprint density at radius 1 is 0.828 bits per heavy atom. The van der Waals surface area contributed by atoms with Crippen LogP contribution in [0.5, 0.6) is 5.75 Å². The molecule has 0 N–H and O–H groups in total. The predicted octanol–water partition coefficient (Wildman–Crippen LogP) is 7.25. The zero-order valence-corrected chi connectivity index (χ0v) is 18.4. The molecule has 158 valence electrons. The first-order valence-corrected chi connectivity index (χ1v) is 11.8. The average Bonchev–Trinajstić information content (AvgIpc) is 2.77. The van der Waals surface area contributed by atoms with E-state index in [0.717, 1.165) is 42.0 Å². The molecule has 3 nitrogen and oxygen atoms in total. The minimum absolute atomic E-state index is 0.742. The van der Waals surface area contributed by atoms with E-state index >= 15 is 0 Å². The number of aryl methyl sites for hydroxylation is 1. The highest BCUT2D eigenvalue weighted by Crippen LogP contribution is 2.33. The Bertz CT molecular complexity index is 688. The van der Waals surface area contributed by atoms with Gasteiger partial charge in [0.15, 0.2) is 11.6 Å². The molecule has 1 aliphatic rings. The fourth-order valence-corrected chi connectivity index (χ4v) is 4.49. The molecule has 0 spiro atoms. The second-order valence-electron chi connectivity index (χ2n) is 8.71. The number of aromatic nitrogens is 2. The van der Waals surface area contributed by atoms with Gasteiger partial charge in [-0.05, 0) is 36.7 Å². The van der Waals surface area contributed by atoms with Crippen molar-refractivity contribution < 1.29 is 4.74 Å². The summed E-state index contributed by atoms with van der Waals surface area (Å²) in [5.41, 5.74) is 2.51.